The molecule has 3 rings (SSSR count). The first-order valence-electron chi connectivity index (χ1n) is 51.7. The summed E-state index contributed by atoms with van der Waals surface area (Å²) >= 11 is 0. The van der Waals surface area contributed by atoms with E-state index >= 15 is 4.79 Å². The van der Waals surface area contributed by atoms with Crippen LogP contribution >= 0.6 is 0 Å². The highest BCUT2D eigenvalue weighted by Gasteiger charge is 2.81. The van der Waals surface area contributed by atoms with Crippen molar-refractivity contribution < 1.29 is 28.6 Å². The fourth-order valence-electron chi connectivity index (χ4n) is 37.1. The van der Waals surface area contributed by atoms with Crippen molar-refractivity contribution >= 4 is 17.9 Å². The summed E-state index contributed by atoms with van der Waals surface area (Å²) in [6, 6.07) is 2.28. The second-order valence-electron chi connectivity index (χ2n) is 48.0. The molecule has 2 saturated carbocycles. The van der Waals surface area contributed by atoms with Gasteiger partial charge in [0, 0.05) is 11.8 Å². The maximum atomic E-state index is 15.7. The Bertz CT molecular complexity index is 3500. The molecule has 7 nitrogen and oxygen atoms in total. The summed E-state index contributed by atoms with van der Waals surface area (Å²) in [5.74, 6) is -1.95. The van der Waals surface area contributed by atoms with Gasteiger partial charge in [0.2, 0.25) is 0 Å². The van der Waals surface area contributed by atoms with E-state index in [1.165, 1.54) is 12.8 Å². The summed E-state index contributed by atoms with van der Waals surface area (Å²) in [5.41, 5.74) is -6.09. The summed E-state index contributed by atoms with van der Waals surface area (Å²) in [6.07, 6.45) is 25.6. The first-order valence-corrected chi connectivity index (χ1v) is 51.7. The highest BCUT2D eigenvalue weighted by Crippen LogP contribution is 2.87. The van der Waals surface area contributed by atoms with Crippen LogP contribution in [0.1, 0.15) is 526 Å². The maximum absolute atomic E-state index is 15.7. The van der Waals surface area contributed by atoms with Crippen LogP contribution in [0.15, 0.2) is 0 Å². The summed E-state index contributed by atoms with van der Waals surface area (Å²) < 4.78 is 18.3. The first-order chi connectivity index (χ1) is 54.7. The van der Waals surface area contributed by atoms with E-state index in [1.807, 2.05) is 0 Å². The summed E-state index contributed by atoms with van der Waals surface area (Å²) in [7, 11) is 0. The van der Waals surface area contributed by atoms with Crippen molar-refractivity contribution in [2.24, 2.45) is 153 Å². The Hall–Kier alpha value is -2.10. The molecule has 29 unspecified atom stereocenters. The van der Waals surface area contributed by atoms with Gasteiger partial charge < -0.3 is 14.2 Å². The van der Waals surface area contributed by atoms with Gasteiger partial charge in [-0.05, 0) is 304 Å². The molecule has 7 heteroatoms. The van der Waals surface area contributed by atoms with Gasteiger partial charge in [-0.25, -0.2) is 4.79 Å². The molecule has 706 valence electrons. The molecule has 2 aliphatic carbocycles. The molecule has 0 aromatic carbocycles. The van der Waals surface area contributed by atoms with Crippen LogP contribution in [0.2, 0.25) is 0 Å². The van der Waals surface area contributed by atoms with Crippen molar-refractivity contribution in [3.63, 3.8) is 0 Å². The summed E-state index contributed by atoms with van der Waals surface area (Å²) in [6.45, 7) is 136. The highest BCUT2D eigenvalue weighted by molar-refractivity contribution is 5.85. The van der Waals surface area contributed by atoms with Crippen LogP contribution in [-0.4, -0.2) is 36.7 Å². The molecule has 0 aromatic heterocycles. The number of fused-ring (bicyclic) bond motifs is 1. The Labute approximate surface area is 751 Å². The van der Waals surface area contributed by atoms with Gasteiger partial charge in [0.15, 0.2) is 12.0 Å². The Balaban J connectivity index is 2.63. The van der Waals surface area contributed by atoms with Crippen molar-refractivity contribution in [3.05, 3.63) is 0 Å². The normalized spacial score (nSPS) is 30.0. The van der Waals surface area contributed by atoms with E-state index in [-0.39, 0.29) is 137 Å². The zero-order chi connectivity index (χ0) is 94.7. The van der Waals surface area contributed by atoms with Crippen LogP contribution in [-0.2, 0) is 28.6 Å². The number of carbonyl (C=O) groups is 3. The third-order valence-electron chi connectivity index (χ3n) is 52.2. The average molecular weight is 1680 g/mol. The van der Waals surface area contributed by atoms with Gasteiger partial charge in [0.05, 0.1) is 11.5 Å². The van der Waals surface area contributed by atoms with Gasteiger partial charge in [0.1, 0.15) is 12.2 Å². The number of nitriles is 1. The zero-order valence-corrected chi connectivity index (χ0v) is 91.0. The lowest BCUT2D eigenvalue weighted by Crippen LogP contribution is -2.73. The molecule has 3 fully saturated rings. The van der Waals surface area contributed by atoms with Crippen LogP contribution in [0.3, 0.4) is 0 Å². The van der Waals surface area contributed by atoms with Crippen molar-refractivity contribution in [2.75, 3.05) is 6.61 Å². The van der Waals surface area contributed by atoms with E-state index in [0.29, 0.717) is 19.3 Å². The maximum Gasteiger partial charge on any atom is 0.344 e. The van der Waals surface area contributed by atoms with Crippen molar-refractivity contribution in [2.45, 2.75) is 539 Å². The molecular formula is C113H213NO6. The largest absolute Gasteiger partial charge is 0.457 e. The Kier molecular flexibility index (Phi) is 34.3. The van der Waals surface area contributed by atoms with Crippen LogP contribution in [0.4, 0.5) is 0 Å². The van der Waals surface area contributed by atoms with Crippen molar-refractivity contribution in [3.8, 4) is 6.07 Å². The van der Waals surface area contributed by atoms with Crippen LogP contribution in [0.25, 0.3) is 0 Å². The molecule has 2 bridgehead atoms. The molecule has 1 saturated heterocycles. The molecule has 3 aliphatic rings. The molecule has 0 N–H and O–H groups in total. The third-order valence-corrected chi connectivity index (χ3v) is 52.2. The smallest absolute Gasteiger partial charge is 0.344 e. The molecular weight excluding hydrogens is 1470 g/mol. The minimum absolute atomic E-state index is 0.00105. The number of hydrogen-bond donors (Lipinski definition) is 0. The van der Waals surface area contributed by atoms with E-state index in [2.05, 4.69) is 359 Å². The van der Waals surface area contributed by atoms with E-state index in [1.54, 1.807) is 0 Å². The Morgan fingerprint density at radius 2 is 0.500 bits per heavy atom. The Morgan fingerprint density at radius 3 is 0.675 bits per heavy atom. The van der Waals surface area contributed by atoms with Gasteiger partial charge in [-0.1, -0.05) is 353 Å². The van der Waals surface area contributed by atoms with Crippen LogP contribution in [0.5, 0.6) is 0 Å². The number of nitrogens with zero attached hydrogens (tertiary/aromatic N) is 1. The highest BCUT2D eigenvalue weighted by atomic mass is 16.6. The number of carbonyl (C=O) groups excluding carboxylic acids is 3. The van der Waals surface area contributed by atoms with Crippen LogP contribution < -0.4 is 0 Å². The number of ether oxygens (including phenoxy) is 3. The molecule has 0 spiro atoms. The van der Waals surface area contributed by atoms with E-state index in [4.69, 9.17) is 14.2 Å². The molecule has 0 radical (unpaired) electrons. The topological polar surface area (TPSA) is 103 Å². The number of hydrogen-bond acceptors (Lipinski definition) is 7. The predicted molar refractivity (Wildman–Crippen MR) is 521 cm³/mol. The van der Waals surface area contributed by atoms with E-state index < -0.39 is 52.4 Å². The van der Waals surface area contributed by atoms with Gasteiger partial charge in [0.25, 0.3) is 0 Å². The zero-order valence-electron chi connectivity index (χ0n) is 91.0. The van der Waals surface area contributed by atoms with Crippen molar-refractivity contribution in [1.82, 2.24) is 0 Å². The fourth-order valence-corrected chi connectivity index (χ4v) is 37.1. The molecule has 0 aromatic rings. The lowest BCUT2D eigenvalue weighted by atomic mass is 9.25. The minimum atomic E-state index is -1.15. The van der Waals surface area contributed by atoms with E-state index in [9.17, 15) is 14.9 Å². The number of rotatable bonds is 53. The molecule has 0 amide bonds. The monoisotopic (exact) mass is 1680 g/mol. The average Bonchev–Trinajstić information content (AvgIpc) is 0.847. The summed E-state index contributed by atoms with van der Waals surface area (Å²) in [4.78, 5) is 42.9. The quantitative estimate of drug-likeness (QED) is 0.0441. The molecule has 1 aliphatic heterocycles. The standard InChI is InChI=1S/C113H213NO6/c1-52-88(26,27)90(29,54-3)92(31,56-5)94(33,58-7)96(35,60-9)98(37,62-11)100(39,64-13)102(41,66-15)104(43,68-17)106(45,70-19)108(47,72-21)110(49,74-23)112(51,76-25)111(50,75-24)109(48,73-22)107(46,71-20)105(44,69-18)103(42,67-16)101(40,65-14)99(38,63-12)97(36,61-10)95(34,59-8)93(32,57-6)91(30,55-4)89(28,53-2)86(116)118-79-83(115)119-84-81-77-82-85(84)120-87(117)113(82,78-81)80-114/h81-82,84-85H,52-79H2,1-51H3. The lowest BCUT2D eigenvalue weighted by molar-refractivity contribution is -0.313. The van der Waals surface area contributed by atoms with Gasteiger partial charge in [-0.3, -0.25) is 9.59 Å². The Morgan fingerprint density at radius 1 is 0.308 bits per heavy atom. The first kappa shape index (κ1) is 112. The molecule has 120 heavy (non-hydrogen) atoms. The second-order valence-corrected chi connectivity index (χ2v) is 48.0. The second kappa shape index (κ2) is 36.7. The van der Waals surface area contributed by atoms with Gasteiger partial charge in [-0.2, -0.15) is 5.26 Å². The number of esters is 3. The minimum Gasteiger partial charge on any atom is -0.457 e. The van der Waals surface area contributed by atoms with E-state index in [0.717, 1.165) is 141 Å². The summed E-state index contributed by atoms with van der Waals surface area (Å²) in [5, 5.41) is 10.1. The molecule has 1 heterocycles. The SMILES string of the molecule is CCC(C)(C)C(C)(CC)C(C)(CC)C(C)(CC)C(C)(CC)C(C)(CC)C(C)(CC)C(C)(CC)C(C)(CC)C(C)(CC)C(C)(CC)C(C)(CC)C(C)(CC)C(C)(CC)C(C)(CC)C(C)(CC)C(C)(CC)C(C)(CC)C(C)(CC)C(C)(CC)C(C)(CC)C(C)(CC)C(C)(CC)C(C)(CC)C(C)(CC)C(=O)OCC(=O)OC1C2CC3C1OC(=O)C3(C#N)C2. The lowest BCUT2D eigenvalue weighted by Gasteiger charge is -2.79. The van der Waals surface area contributed by atoms with Crippen LogP contribution in [0, 0.1) is 164 Å². The van der Waals surface area contributed by atoms with Gasteiger partial charge >= 0.3 is 17.9 Å². The van der Waals surface area contributed by atoms with Gasteiger partial charge in [-0.15, -0.1) is 0 Å². The molecule has 29 atom stereocenters. The van der Waals surface area contributed by atoms with Crippen molar-refractivity contribution in [1.29, 1.82) is 5.26 Å². The third kappa shape index (κ3) is 12.9. The predicted octanol–water partition coefficient (Wildman–Crippen LogP) is 35.3. The fraction of sp³-hybridized carbons (Fsp3) is 0.965.